The van der Waals surface area contributed by atoms with Crippen molar-refractivity contribution in [3.8, 4) is 0 Å². The van der Waals surface area contributed by atoms with Gasteiger partial charge in [-0.15, -0.1) is 0 Å². The molecule has 0 heterocycles. The van der Waals surface area contributed by atoms with Gasteiger partial charge in [0.2, 0.25) is 5.91 Å². The molecule has 0 radical (unpaired) electrons. The first-order chi connectivity index (χ1) is 7.92. The van der Waals surface area contributed by atoms with Crippen molar-refractivity contribution >= 4 is 11.9 Å². The molecule has 17 heavy (non-hydrogen) atoms. The number of nitrogens with two attached hydrogens (primary N) is 1. The Balaban J connectivity index is 2.66. The maximum absolute atomic E-state index is 12.2. The molecule has 0 bridgehead atoms. The van der Waals surface area contributed by atoms with Crippen molar-refractivity contribution in [1.82, 2.24) is 4.90 Å². The Hall–Kier alpha value is -1.10. The molecule has 0 aromatic heterocycles. The average molecular weight is 242 g/mol. The third-order valence-corrected chi connectivity index (χ3v) is 3.08. The van der Waals surface area contributed by atoms with Crippen molar-refractivity contribution in [2.45, 2.75) is 51.6 Å². The van der Waals surface area contributed by atoms with Gasteiger partial charge >= 0.3 is 5.97 Å². The third kappa shape index (κ3) is 3.70. The van der Waals surface area contributed by atoms with Gasteiger partial charge in [-0.3, -0.25) is 9.59 Å². The van der Waals surface area contributed by atoms with Gasteiger partial charge in [-0.05, 0) is 33.1 Å². The number of hydrogen-bond donors (Lipinski definition) is 1. The standard InChI is InChI=1S/C12H22N2O3/c1-4-12(3,13)11(16)14(9-6-7-9)8-10(15)17-5-2/h9H,4-8,13H2,1-3H3. The minimum Gasteiger partial charge on any atom is -0.465 e. The van der Waals surface area contributed by atoms with Gasteiger partial charge in [0, 0.05) is 6.04 Å². The molecule has 0 aliphatic heterocycles. The molecule has 98 valence electrons. The highest BCUT2D eigenvalue weighted by molar-refractivity contribution is 5.89. The average Bonchev–Trinajstić information content (AvgIpc) is 3.09. The number of ether oxygens (including phenoxy) is 1. The monoisotopic (exact) mass is 242 g/mol. The van der Waals surface area contributed by atoms with Crippen LogP contribution >= 0.6 is 0 Å². The summed E-state index contributed by atoms with van der Waals surface area (Å²) in [5.74, 6) is -0.518. The second-order valence-electron chi connectivity index (χ2n) is 4.74. The molecule has 1 unspecified atom stereocenters. The maximum Gasteiger partial charge on any atom is 0.325 e. The molecular formula is C12H22N2O3. The van der Waals surface area contributed by atoms with Crippen LogP contribution in [0.4, 0.5) is 0 Å². The van der Waals surface area contributed by atoms with E-state index in [9.17, 15) is 9.59 Å². The van der Waals surface area contributed by atoms with Crippen molar-refractivity contribution in [3.05, 3.63) is 0 Å². The zero-order valence-electron chi connectivity index (χ0n) is 10.9. The van der Waals surface area contributed by atoms with Crippen molar-refractivity contribution < 1.29 is 14.3 Å². The van der Waals surface area contributed by atoms with Crippen LogP contribution in [0.2, 0.25) is 0 Å². The summed E-state index contributed by atoms with van der Waals surface area (Å²) >= 11 is 0. The molecule has 0 saturated heterocycles. The van der Waals surface area contributed by atoms with Gasteiger partial charge in [0.05, 0.1) is 12.1 Å². The minimum absolute atomic E-state index is 0.0180. The number of hydrogen-bond acceptors (Lipinski definition) is 4. The lowest BCUT2D eigenvalue weighted by atomic mass is 9.98. The summed E-state index contributed by atoms with van der Waals surface area (Å²) in [6.45, 7) is 5.67. The number of carbonyl (C=O) groups excluding carboxylic acids is 2. The van der Waals surface area contributed by atoms with Crippen LogP contribution in [-0.4, -0.2) is 41.5 Å². The van der Waals surface area contributed by atoms with E-state index in [1.807, 2.05) is 6.92 Å². The second-order valence-corrected chi connectivity index (χ2v) is 4.74. The van der Waals surface area contributed by atoms with Crippen LogP contribution in [0, 0.1) is 0 Å². The van der Waals surface area contributed by atoms with Crippen molar-refractivity contribution in [1.29, 1.82) is 0 Å². The summed E-state index contributed by atoms with van der Waals surface area (Å²) < 4.78 is 4.87. The summed E-state index contributed by atoms with van der Waals surface area (Å²) in [7, 11) is 0. The van der Waals surface area contributed by atoms with E-state index >= 15 is 0 Å². The van der Waals surface area contributed by atoms with E-state index in [0.29, 0.717) is 13.0 Å². The Morgan fingerprint density at radius 2 is 2.00 bits per heavy atom. The number of nitrogens with zero attached hydrogens (tertiary/aromatic N) is 1. The number of rotatable bonds is 6. The molecule has 0 aromatic rings. The van der Waals surface area contributed by atoms with E-state index in [2.05, 4.69) is 0 Å². The summed E-state index contributed by atoms with van der Waals surface area (Å²) in [5.41, 5.74) is 5.04. The lowest BCUT2D eigenvalue weighted by Gasteiger charge is -2.30. The first-order valence-electron chi connectivity index (χ1n) is 6.18. The Bertz CT molecular complexity index is 298. The molecule has 5 heteroatoms. The van der Waals surface area contributed by atoms with Gasteiger partial charge < -0.3 is 15.4 Å². The largest absolute Gasteiger partial charge is 0.465 e. The lowest BCUT2D eigenvalue weighted by molar-refractivity contribution is -0.151. The van der Waals surface area contributed by atoms with Crippen molar-refractivity contribution in [2.24, 2.45) is 5.73 Å². The van der Waals surface area contributed by atoms with E-state index in [0.717, 1.165) is 12.8 Å². The Kier molecular flexibility index (Phi) is 4.51. The van der Waals surface area contributed by atoms with Gasteiger partial charge in [0.1, 0.15) is 6.54 Å². The molecule has 1 saturated carbocycles. The normalized spacial score (nSPS) is 18.4. The zero-order chi connectivity index (χ0) is 13.1. The fraction of sp³-hybridized carbons (Fsp3) is 0.833. The highest BCUT2D eigenvalue weighted by Crippen LogP contribution is 2.28. The van der Waals surface area contributed by atoms with E-state index < -0.39 is 5.54 Å². The number of carbonyl (C=O) groups is 2. The fourth-order valence-corrected chi connectivity index (χ4v) is 1.58. The maximum atomic E-state index is 12.2. The van der Waals surface area contributed by atoms with Gasteiger partial charge in [-0.1, -0.05) is 6.92 Å². The molecule has 5 nitrogen and oxygen atoms in total. The zero-order valence-corrected chi connectivity index (χ0v) is 10.9. The van der Waals surface area contributed by atoms with Crippen molar-refractivity contribution in [2.75, 3.05) is 13.2 Å². The van der Waals surface area contributed by atoms with Crippen LogP contribution in [-0.2, 0) is 14.3 Å². The molecule has 1 amide bonds. The van der Waals surface area contributed by atoms with Crippen LogP contribution in [0.5, 0.6) is 0 Å². The smallest absolute Gasteiger partial charge is 0.325 e. The Labute approximate surface area is 102 Å². The molecule has 1 aliphatic rings. The molecule has 1 aliphatic carbocycles. The van der Waals surface area contributed by atoms with E-state index in [1.54, 1.807) is 18.7 Å². The topological polar surface area (TPSA) is 72.6 Å². The first-order valence-corrected chi connectivity index (χ1v) is 6.18. The SMILES string of the molecule is CCOC(=O)CN(C(=O)C(C)(N)CC)C1CC1. The second kappa shape index (κ2) is 5.49. The molecule has 1 rings (SSSR count). The molecule has 1 atom stereocenters. The fourth-order valence-electron chi connectivity index (χ4n) is 1.58. The van der Waals surface area contributed by atoms with E-state index in [-0.39, 0.29) is 24.5 Å². The number of esters is 1. The molecule has 2 N–H and O–H groups in total. The highest BCUT2D eigenvalue weighted by Gasteiger charge is 2.40. The first kappa shape index (κ1) is 14.0. The molecule has 0 aromatic carbocycles. The lowest BCUT2D eigenvalue weighted by Crippen LogP contribution is -2.54. The molecule has 1 fully saturated rings. The summed E-state index contributed by atoms with van der Waals surface area (Å²) in [4.78, 5) is 25.2. The van der Waals surface area contributed by atoms with Crippen LogP contribution in [0.15, 0.2) is 0 Å². The van der Waals surface area contributed by atoms with Crippen LogP contribution in [0.25, 0.3) is 0 Å². The van der Waals surface area contributed by atoms with E-state index in [1.165, 1.54) is 0 Å². The van der Waals surface area contributed by atoms with Crippen LogP contribution < -0.4 is 5.73 Å². The van der Waals surface area contributed by atoms with Gasteiger partial charge in [0.25, 0.3) is 0 Å². The predicted octanol–water partition coefficient (Wildman–Crippen LogP) is 0.668. The van der Waals surface area contributed by atoms with Gasteiger partial charge in [0.15, 0.2) is 0 Å². The number of amides is 1. The van der Waals surface area contributed by atoms with Gasteiger partial charge in [-0.2, -0.15) is 0 Å². The van der Waals surface area contributed by atoms with Crippen LogP contribution in [0.3, 0.4) is 0 Å². The third-order valence-electron chi connectivity index (χ3n) is 3.08. The Morgan fingerprint density at radius 3 is 2.41 bits per heavy atom. The van der Waals surface area contributed by atoms with Crippen molar-refractivity contribution in [3.63, 3.8) is 0 Å². The predicted molar refractivity (Wildman–Crippen MR) is 64.3 cm³/mol. The summed E-state index contributed by atoms with van der Waals surface area (Å²) in [5, 5.41) is 0. The summed E-state index contributed by atoms with van der Waals surface area (Å²) in [6, 6.07) is 0.168. The van der Waals surface area contributed by atoms with Gasteiger partial charge in [-0.25, -0.2) is 0 Å². The Morgan fingerprint density at radius 1 is 1.41 bits per heavy atom. The molecular weight excluding hydrogens is 220 g/mol. The van der Waals surface area contributed by atoms with Crippen LogP contribution in [0.1, 0.15) is 40.0 Å². The highest BCUT2D eigenvalue weighted by atomic mass is 16.5. The van der Waals surface area contributed by atoms with E-state index in [4.69, 9.17) is 10.5 Å². The molecule has 0 spiro atoms. The quantitative estimate of drug-likeness (QED) is 0.695. The summed E-state index contributed by atoms with van der Waals surface area (Å²) in [6.07, 6.45) is 2.45. The minimum atomic E-state index is -0.894.